The quantitative estimate of drug-likeness (QED) is 0.230. The van der Waals surface area contributed by atoms with Crippen LogP contribution in [0, 0.1) is 12.3 Å². The Kier molecular flexibility index (Phi) is 5.64. The average molecular weight is 311 g/mol. The molecular weight excluding hydrogens is 297 g/mol. The molecule has 1 fully saturated rings. The van der Waals surface area contributed by atoms with E-state index in [4.69, 9.17) is 26.1 Å². The van der Waals surface area contributed by atoms with Crippen molar-refractivity contribution in [3.05, 3.63) is 0 Å². The van der Waals surface area contributed by atoms with Gasteiger partial charge in [-0.25, -0.2) is 4.57 Å². The Morgan fingerprint density at radius 3 is 2.45 bits per heavy atom. The first-order valence-electron chi connectivity index (χ1n) is 5.33. The summed E-state index contributed by atoms with van der Waals surface area (Å²) in [5, 5.41) is 30.4. The summed E-state index contributed by atoms with van der Waals surface area (Å²) in [5.41, 5.74) is 0. The molecule has 0 saturated carbocycles. The molecule has 114 valence electrons. The predicted molar refractivity (Wildman–Crippen MR) is 61.7 cm³/mol. The van der Waals surface area contributed by atoms with Gasteiger partial charge >= 0.3 is 7.82 Å². The van der Waals surface area contributed by atoms with Crippen molar-refractivity contribution in [2.24, 2.45) is 0 Å². The highest BCUT2D eigenvalue weighted by Gasteiger charge is 2.47. The third-order valence-electron chi connectivity index (χ3n) is 2.55. The first-order valence-corrected chi connectivity index (χ1v) is 6.86. The SMILES string of the molecule is C#CC(=O)NC1C(O)[C@@H](O)C(CO)O[C@@H]1OP(=O)(O)O. The third-order valence-corrected chi connectivity index (χ3v) is 3.03. The smallest absolute Gasteiger partial charge is 0.394 e. The van der Waals surface area contributed by atoms with Crippen molar-refractivity contribution in [3.63, 3.8) is 0 Å². The van der Waals surface area contributed by atoms with Crippen molar-refractivity contribution in [1.29, 1.82) is 0 Å². The summed E-state index contributed by atoms with van der Waals surface area (Å²) in [7, 11) is -5.01. The zero-order chi connectivity index (χ0) is 15.5. The number of nitrogens with one attached hydrogen (secondary N) is 1. The van der Waals surface area contributed by atoms with Gasteiger partial charge in [0.25, 0.3) is 5.91 Å². The number of terminal acetylenes is 1. The van der Waals surface area contributed by atoms with Crippen LogP contribution in [0.25, 0.3) is 0 Å². The minimum Gasteiger partial charge on any atom is -0.394 e. The lowest BCUT2D eigenvalue weighted by atomic mass is 9.97. The van der Waals surface area contributed by atoms with Gasteiger partial charge in [0.2, 0.25) is 0 Å². The number of phosphoric acid groups is 1. The van der Waals surface area contributed by atoms with Gasteiger partial charge in [-0.2, -0.15) is 0 Å². The van der Waals surface area contributed by atoms with Crippen molar-refractivity contribution in [3.8, 4) is 12.3 Å². The highest BCUT2D eigenvalue weighted by atomic mass is 31.2. The lowest BCUT2D eigenvalue weighted by Crippen LogP contribution is -2.64. The zero-order valence-electron chi connectivity index (χ0n) is 9.99. The second kappa shape index (κ2) is 6.62. The molecule has 0 aromatic heterocycles. The number of phosphoric ester groups is 1. The second-order valence-electron chi connectivity index (χ2n) is 3.95. The highest BCUT2D eigenvalue weighted by molar-refractivity contribution is 7.46. The maximum Gasteiger partial charge on any atom is 0.472 e. The summed E-state index contributed by atoms with van der Waals surface area (Å²) in [4.78, 5) is 28.6. The monoisotopic (exact) mass is 311 g/mol. The van der Waals surface area contributed by atoms with E-state index < -0.39 is 51.0 Å². The molecule has 1 rings (SSSR count). The Bertz CT molecular complexity index is 443. The van der Waals surface area contributed by atoms with E-state index in [1.807, 2.05) is 5.32 Å². The average Bonchev–Trinajstić information content (AvgIpc) is 2.36. The number of carbonyl (C=O) groups is 1. The molecule has 0 aromatic carbocycles. The summed E-state index contributed by atoms with van der Waals surface area (Å²) in [6.07, 6.45) is -1.66. The van der Waals surface area contributed by atoms with E-state index in [2.05, 4.69) is 4.52 Å². The Hall–Kier alpha value is -1.02. The molecule has 1 aliphatic heterocycles. The lowest BCUT2D eigenvalue weighted by molar-refractivity contribution is -0.247. The highest BCUT2D eigenvalue weighted by Crippen LogP contribution is 2.40. The number of ether oxygens (including phenoxy) is 1. The van der Waals surface area contributed by atoms with E-state index in [0.29, 0.717) is 0 Å². The predicted octanol–water partition coefficient (Wildman–Crippen LogP) is -3.35. The fourth-order valence-corrected chi connectivity index (χ4v) is 2.11. The Morgan fingerprint density at radius 2 is 2.00 bits per heavy atom. The van der Waals surface area contributed by atoms with Gasteiger partial charge in [0.1, 0.15) is 24.4 Å². The van der Waals surface area contributed by atoms with Crippen molar-refractivity contribution < 1.29 is 43.7 Å². The van der Waals surface area contributed by atoms with Gasteiger partial charge in [-0.1, -0.05) is 0 Å². The van der Waals surface area contributed by atoms with Crippen molar-refractivity contribution in [2.45, 2.75) is 30.6 Å². The number of carbonyl (C=O) groups excluding carboxylic acids is 1. The van der Waals surface area contributed by atoms with Crippen molar-refractivity contribution >= 4 is 13.7 Å². The molecular formula is C9H14NO9P. The molecule has 10 nitrogen and oxygen atoms in total. The number of hydrogen-bond donors (Lipinski definition) is 6. The van der Waals surface area contributed by atoms with E-state index in [-0.39, 0.29) is 0 Å². The van der Waals surface area contributed by atoms with Crippen LogP contribution >= 0.6 is 7.82 Å². The number of rotatable bonds is 4. The number of amides is 1. The molecule has 6 N–H and O–H groups in total. The van der Waals surface area contributed by atoms with Gasteiger partial charge in [0.05, 0.1) is 6.61 Å². The fraction of sp³-hybridized carbons (Fsp3) is 0.667. The van der Waals surface area contributed by atoms with Crippen LogP contribution in [0.5, 0.6) is 0 Å². The normalized spacial score (nSPS) is 34.3. The van der Waals surface area contributed by atoms with Gasteiger partial charge in [-0.3, -0.25) is 9.32 Å². The Morgan fingerprint density at radius 1 is 1.40 bits per heavy atom. The number of aliphatic hydroxyl groups excluding tert-OH is 3. The molecule has 3 unspecified atom stereocenters. The molecule has 0 aromatic rings. The molecule has 11 heteroatoms. The van der Waals surface area contributed by atoms with Gasteiger partial charge in [-0.05, 0) is 5.92 Å². The summed E-state index contributed by atoms with van der Waals surface area (Å²) in [6, 6.07) is -1.52. The van der Waals surface area contributed by atoms with E-state index in [9.17, 15) is 19.6 Å². The Labute approximate surface area is 113 Å². The molecule has 0 bridgehead atoms. The third kappa shape index (κ3) is 4.24. The first-order chi connectivity index (χ1) is 9.19. The maximum absolute atomic E-state index is 11.1. The minimum atomic E-state index is -5.01. The molecule has 1 aliphatic rings. The van der Waals surface area contributed by atoms with E-state index in [1.54, 1.807) is 5.92 Å². The second-order valence-corrected chi connectivity index (χ2v) is 5.14. The zero-order valence-corrected chi connectivity index (χ0v) is 10.9. The molecule has 1 heterocycles. The lowest BCUT2D eigenvalue weighted by Gasteiger charge is -2.41. The molecule has 1 amide bonds. The molecule has 0 radical (unpaired) electrons. The Balaban J connectivity index is 2.96. The van der Waals surface area contributed by atoms with Gasteiger partial charge < -0.3 is 35.2 Å². The van der Waals surface area contributed by atoms with E-state index in [0.717, 1.165) is 0 Å². The molecule has 5 atom stereocenters. The van der Waals surface area contributed by atoms with Crippen molar-refractivity contribution in [2.75, 3.05) is 6.61 Å². The van der Waals surface area contributed by atoms with Crippen molar-refractivity contribution in [1.82, 2.24) is 5.32 Å². The van der Waals surface area contributed by atoms with Gasteiger partial charge in [0.15, 0.2) is 6.29 Å². The van der Waals surface area contributed by atoms with Crippen LogP contribution in [-0.2, 0) is 18.6 Å². The molecule has 0 spiro atoms. The van der Waals surface area contributed by atoms with Crippen LogP contribution in [0.1, 0.15) is 0 Å². The summed E-state index contributed by atoms with van der Waals surface area (Å²) in [6.45, 7) is -0.741. The van der Waals surface area contributed by atoms with Crippen LogP contribution in [0.4, 0.5) is 0 Å². The number of aliphatic hydroxyl groups is 3. The van der Waals surface area contributed by atoms with Crippen LogP contribution in [0.3, 0.4) is 0 Å². The summed E-state index contributed by atoms with van der Waals surface area (Å²) < 4.78 is 20.0. The largest absolute Gasteiger partial charge is 0.472 e. The minimum absolute atomic E-state index is 0.741. The fourth-order valence-electron chi connectivity index (χ4n) is 1.65. The van der Waals surface area contributed by atoms with E-state index in [1.165, 1.54) is 0 Å². The topological polar surface area (TPSA) is 166 Å². The summed E-state index contributed by atoms with van der Waals surface area (Å²) in [5.74, 6) is 0.651. The van der Waals surface area contributed by atoms with Gasteiger partial charge in [-0.15, -0.1) is 6.42 Å². The van der Waals surface area contributed by atoms with E-state index >= 15 is 0 Å². The summed E-state index contributed by atoms with van der Waals surface area (Å²) >= 11 is 0. The van der Waals surface area contributed by atoms with Crippen LogP contribution in [0.2, 0.25) is 0 Å². The standard InChI is InChI=1S/C9H14NO9P/c1-2-5(12)10-6-8(14)7(13)4(3-11)18-9(6)19-20(15,16)17/h1,4,6-9,11,13-14H,3H2,(H,10,12)(H2,15,16,17)/t4?,6?,7-,8?,9+/m0/s1. The number of hydrogen-bond acceptors (Lipinski definition) is 7. The van der Waals surface area contributed by atoms with Crippen LogP contribution < -0.4 is 5.32 Å². The molecule has 1 saturated heterocycles. The van der Waals surface area contributed by atoms with Crippen LogP contribution in [0.15, 0.2) is 0 Å². The maximum atomic E-state index is 11.1. The first kappa shape index (κ1) is 17.0. The molecule has 20 heavy (non-hydrogen) atoms. The van der Waals surface area contributed by atoms with Crippen LogP contribution in [-0.4, -0.2) is 68.3 Å². The molecule has 0 aliphatic carbocycles. The van der Waals surface area contributed by atoms with Gasteiger partial charge in [0, 0.05) is 0 Å².